The van der Waals surface area contributed by atoms with Crippen molar-refractivity contribution in [1.82, 2.24) is 4.90 Å². The van der Waals surface area contributed by atoms with Crippen molar-refractivity contribution in [3.8, 4) is 0 Å². The molecule has 0 atom stereocenters. The van der Waals surface area contributed by atoms with E-state index < -0.39 is 0 Å². The summed E-state index contributed by atoms with van der Waals surface area (Å²) in [4.78, 5) is 2.29. The number of rotatable bonds is 5. The molecule has 0 aromatic heterocycles. The molecule has 0 spiro atoms. The molecule has 1 N–H and O–H groups in total. The minimum Gasteiger partial charge on any atom is -0.395 e. The van der Waals surface area contributed by atoms with Gasteiger partial charge in [-0.2, -0.15) is 0 Å². The van der Waals surface area contributed by atoms with Crippen LogP contribution < -0.4 is 0 Å². The zero-order chi connectivity index (χ0) is 12.3. The Kier molecular flexibility index (Phi) is 4.69. The summed E-state index contributed by atoms with van der Waals surface area (Å²) in [5, 5.41) is 10.3. The minimum absolute atomic E-state index is 0.189. The number of hydrogen-bond donors (Lipinski definition) is 1. The highest BCUT2D eigenvalue weighted by Gasteiger charge is 2.25. The van der Waals surface area contributed by atoms with E-state index in [2.05, 4.69) is 4.90 Å². The average molecular weight is 274 g/mol. The van der Waals surface area contributed by atoms with Crippen molar-refractivity contribution in [2.24, 2.45) is 0 Å². The van der Waals surface area contributed by atoms with Crippen LogP contribution in [0.2, 0.25) is 10.0 Å². The van der Waals surface area contributed by atoms with Crippen LogP contribution in [-0.2, 0) is 6.54 Å². The molecular weight excluding hydrogens is 257 g/mol. The van der Waals surface area contributed by atoms with Crippen molar-refractivity contribution >= 4 is 23.2 Å². The van der Waals surface area contributed by atoms with Crippen LogP contribution in [0.25, 0.3) is 0 Å². The van der Waals surface area contributed by atoms with Gasteiger partial charge in [0.1, 0.15) is 0 Å². The first-order chi connectivity index (χ1) is 8.22. The van der Waals surface area contributed by atoms with Gasteiger partial charge in [-0.1, -0.05) is 41.8 Å². The smallest absolute Gasteiger partial charge is 0.0637 e. The van der Waals surface area contributed by atoms with Crippen LogP contribution in [0.5, 0.6) is 0 Å². The van der Waals surface area contributed by atoms with Gasteiger partial charge in [0.2, 0.25) is 0 Å². The molecule has 0 aliphatic heterocycles. The van der Waals surface area contributed by atoms with E-state index in [-0.39, 0.29) is 6.61 Å². The van der Waals surface area contributed by atoms with E-state index >= 15 is 0 Å². The molecule has 2 nitrogen and oxygen atoms in total. The van der Waals surface area contributed by atoms with Gasteiger partial charge in [-0.15, -0.1) is 0 Å². The molecule has 1 aliphatic carbocycles. The highest BCUT2D eigenvalue weighted by Crippen LogP contribution is 2.30. The number of halogens is 2. The molecule has 0 heterocycles. The van der Waals surface area contributed by atoms with Crippen LogP contribution in [0.15, 0.2) is 18.2 Å². The number of nitrogens with zero attached hydrogens (tertiary/aromatic N) is 1. The summed E-state index contributed by atoms with van der Waals surface area (Å²) in [7, 11) is 0. The van der Waals surface area contributed by atoms with Crippen LogP contribution in [0, 0.1) is 0 Å². The minimum atomic E-state index is 0.189. The van der Waals surface area contributed by atoms with Crippen molar-refractivity contribution < 1.29 is 5.11 Å². The van der Waals surface area contributed by atoms with Crippen molar-refractivity contribution in [3.05, 3.63) is 33.8 Å². The summed E-state index contributed by atoms with van der Waals surface area (Å²) in [6.45, 7) is 1.66. The fourth-order valence-corrected chi connectivity index (χ4v) is 2.54. The standard InChI is InChI=1S/C13H17Cl2NO/c14-12-6-1-3-10(13(12)15)9-16(7-8-17)11-4-2-5-11/h1,3,6,11,17H,2,4-5,7-9H2. The fourth-order valence-electron chi connectivity index (χ4n) is 2.16. The van der Waals surface area contributed by atoms with Gasteiger partial charge in [0, 0.05) is 19.1 Å². The molecule has 2 rings (SSSR count). The van der Waals surface area contributed by atoms with Gasteiger partial charge in [-0.05, 0) is 24.5 Å². The summed E-state index contributed by atoms with van der Waals surface area (Å²) in [5.74, 6) is 0. The molecule has 0 amide bonds. The molecule has 1 fully saturated rings. The predicted molar refractivity (Wildman–Crippen MR) is 71.6 cm³/mol. The molecule has 1 aromatic rings. The SMILES string of the molecule is OCCN(Cc1cccc(Cl)c1Cl)C1CCC1. The fraction of sp³-hybridized carbons (Fsp3) is 0.538. The Morgan fingerprint density at radius 1 is 1.29 bits per heavy atom. The molecule has 0 unspecified atom stereocenters. The van der Waals surface area contributed by atoms with Crippen molar-refractivity contribution in [1.29, 1.82) is 0 Å². The lowest BCUT2D eigenvalue weighted by Gasteiger charge is -2.37. The second kappa shape index (κ2) is 6.05. The molecule has 1 aliphatic rings. The Labute approximate surface area is 112 Å². The lowest BCUT2D eigenvalue weighted by atomic mass is 9.91. The van der Waals surface area contributed by atoms with Crippen LogP contribution in [0.3, 0.4) is 0 Å². The predicted octanol–water partition coefficient (Wildman–Crippen LogP) is 3.34. The summed E-state index contributed by atoms with van der Waals surface area (Å²) < 4.78 is 0. The first-order valence-corrected chi connectivity index (χ1v) is 6.75. The first kappa shape index (κ1) is 13.2. The molecule has 0 bridgehead atoms. The van der Waals surface area contributed by atoms with E-state index in [1.54, 1.807) is 6.07 Å². The van der Waals surface area contributed by atoms with Gasteiger partial charge >= 0.3 is 0 Å². The van der Waals surface area contributed by atoms with Gasteiger partial charge in [0.25, 0.3) is 0 Å². The lowest BCUT2D eigenvalue weighted by molar-refractivity contribution is 0.0946. The van der Waals surface area contributed by atoms with Crippen LogP contribution in [0.4, 0.5) is 0 Å². The second-order valence-corrected chi connectivity index (χ2v) is 5.28. The molecule has 94 valence electrons. The topological polar surface area (TPSA) is 23.5 Å². The lowest BCUT2D eigenvalue weighted by Crippen LogP contribution is -2.41. The van der Waals surface area contributed by atoms with E-state index in [0.29, 0.717) is 22.6 Å². The maximum atomic E-state index is 9.11. The van der Waals surface area contributed by atoms with Crippen LogP contribution >= 0.6 is 23.2 Å². The second-order valence-electron chi connectivity index (χ2n) is 4.49. The van der Waals surface area contributed by atoms with E-state index in [4.69, 9.17) is 28.3 Å². The summed E-state index contributed by atoms with van der Waals surface area (Å²) >= 11 is 12.2. The maximum absolute atomic E-state index is 9.11. The Hall–Kier alpha value is -0.280. The number of hydrogen-bond acceptors (Lipinski definition) is 2. The molecule has 1 saturated carbocycles. The van der Waals surface area contributed by atoms with Crippen LogP contribution in [0.1, 0.15) is 24.8 Å². The van der Waals surface area contributed by atoms with Crippen molar-refractivity contribution in [3.63, 3.8) is 0 Å². The van der Waals surface area contributed by atoms with Gasteiger partial charge < -0.3 is 5.11 Å². The Balaban J connectivity index is 2.08. The average Bonchev–Trinajstić information content (AvgIpc) is 2.22. The quantitative estimate of drug-likeness (QED) is 0.890. The highest BCUT2D eigenvalue weighted by molar-refractivity contribution is 6.42. The van der Waals surface area contributed by atoms with E-state index in [0.717, 1.165) is 12.1 Å². The van der Waals surface area contributed by atoms with Crippen molar-refractivity contribution in [2.75, 3.05) is 13.2 Å². The van der Waals surface area contributed by atoms with Gasteiger partial charge in [-0.25, -0.2) is 0 Å². The largest absolute Gasteiger partial charge is 0.395 e. The Morgan fingerprint density at radius 3 is 2.65 bits per heavy atom. The van der Waals surface area contributed by atoms with Crippen molar-refractivity contribution in [2.45, 2.75) is 31.8 Å². The Bertz CT molecular complexity index is 380. The molecule has 0 saturated heterocycles. The third-order valence-corrected chi connectivity index (χ3v) is 4.24. The molecule has 0 radical (unpaired) electrons. The molecule has 17 heavy (non-hydrogen) atoms. The zero-order valence-electron chi connectivity index (χ0n) is 9.70. The normalized spacial score (nSPS) is 16.2. The van der Waals surface area contributed by atoms with E-state index in [1.807, 2.05) is 12.1 Å². The van der Waals surface area contributed by atoms with Gasteiger partial charge in [0.05, 0.1) is 16.7 Å². The molecule has 4 heteroatoms. The number of benzene rings is 1. The number of aliphatic hydroxyl groups excluding tert-OH is 1. The van der Waals surface area contributed by atoms with Gasteiger partial charge in [0.15, 0.2) is 0 Å². The monoisotopic (exact) mass is 273 g/mol. The zero-order valence-corrected chi connectivity index (χ0v) is 11.2. The highest BCUT2D eigenvalue weighted by atomic mass is 35.5. The van der Waals surface area contributed by atoms with Crippen LogP contribution in [-0.4, -0.2) is 29.2 Å². The van der Waals surface area contributed by atoms with E-state index in [9.17, 15) is 0 Å². The van der Waals surface area contributed by atoms with Gasteiger partial charge in [-0.3, -0.25) is 4.90 Å². The summed E-state index contributed by atoms with van der Waals surface area (Å²) in [6, 6.07) is 6.31. The first-order valence-electron chi connectivity index (χ1n) is 6.00. The Morgan fingerprint density at radius 2 is 2.06 bits per heavy atom. The summed E-state index contributed by atoms with van der Waals surface area (Å²) in [5.41, 5.74) is 1.04. The third-order valence-electron chi connectivity index (χ3n) is 3.38. The molecule has 1 aromatic carbocycles. The molecular formula is C13H17Cl2NO. The third kappa shape index (κ3) is 3.14. The maximum Gasteiger partial charge on any atom is 0.0637 e. The van der Waals surface area contributed by atoms with E-state index in [1.165, 1.54) is 19.3 Å². The number of aliphatic hydroxyl groups is 1. The summed E-state index contributed by atoms with van der Waals surface area (Å²) in [6.07, 6.45) is 3.73.